The molecule has 0 spiro atoms. The van der Waals surface area contributed by atoms with E-state index in [2.05, 4.69) is 4.98 Å². The highest BCUT2D eigenvalue weighted by Crippen LogP contribution is 2.35. The van der Waals surface area contributed by atoms with E-state index in [-0.39, 0.29) is 17.7 Å². The third kappa shape index (κ3) is 3.34. The Morgan fingerprint density at radius 3 is 2.90 bits per heavy atom. The number of imide groups is 1. The molecule has 0 saturated carbocycles. The van der Waals surface area contributed by atoms with Gasteiger partial charge < -0.3 is 14.6 Å². The summed E-state index contributed by atoms with van der Waals surface area (Å²) in [6.07, 6.45) is 3.09. The van der Waals surface area contributed by atoms with Crippen LogP contribution >= 0.6 is 23.1 Å². The van der Waals surface area contributed by atoms with Crippen LogP contribution < -0.4 is 5.73 Å². The van der Waals surface area contributed by atoms with Gasteiger partial charge in [-0.2, -0.15) is 0 Å². The van der Waals surface area contributed by atoms with Crippen LogP contribution in [0.4, 0.5) is 9.93 Å². The fraction of sp³-hybridized carbons (Fsp3) is 0.0500. The number of rotatable bonds is 4. The number of carbonyl (C=O) groups is 2. The van der Waals surface area contributed by atoms with Crippen LogP contribution in [0.15, 0.2) is 62.5 Å². The molecule has 4 aromatic rings. The number of benzene rings is 1. The monoisotopic (exact) mass is 423 g/mol. The highest BCUT2D eigenvalue weighted by molar-refractivity contribution is 8.18. The second kappa shape index (κ2) is 6.94. The first kappa shape index (κ1) is 17.8. The molecule has 5 rings (SSSR count). The normalized spacial score (nSPS) is 15.9. The van der Waals surface area contributed by atoms with Gasteiger partial charge in [-0.15, -0.1) is 0 Å². The van der Waals surface area contributed by atoms with Crippen molar-refractivity contribution in [3.8, 4) is 11.3 Å². The summed E-state index contributed by atoms with van der Waals surface area (Å²) in [5.74, 6) is 1.31. The summed E-state index contributed by atoms with van der Waals surface area (Å²) >= 11 is 2.31. The van der Waals surface area contributed by atoms with Gasteiger partial charge in [0.2, 0.25) is 0 Å². The van der Waals surface area contributed by atoms with Gasteiger partial charge in [-0.1, -0.05) is 11.3 Å². The molecule has 2 amide bonds. The number of thioether (sulfide) groups is 1. The summed E-state index contributed by atoms with van der Waals surface area (Å²) in [5, 5.41) is 0.179. The number of hydrogen-bond acceptors (Lipinski definition) is 8. The van der Waals surface area contributed by atoms with E-state index in [4.69, 9.17) is 14.6 Å². The Bertz CT molecular complexity index is 1270. The van der Waals surface area contributed by atoms with E-state index in [9.17, 15) is 9.59 Å². The number of thiazole rings is 1. The minimum Gasteiger partial charge on any atom is -0.467 e. The van der Waals surface area contributed by atoms with Gasteiger partial charge in [0, 0.05) is 11.6 Å². The molecule has 1 fully saturated rings. The molecule has 1 saturated heterocycles. The predicted molar refractivity (Wildman–Crippen MR) is 112 cm³/mol. The molecule has 3 aromatic heterocycles. The van der Waals surface area contributed by atoms with E-state index in [1.54, 1.807) is 24.3 Å². The number of carbonyl (C=O) groups excluding carboxylic acids is 2. The van der Waals surface area contributed by atoms with Crippen LogP contribution in [0.3, 0.4) is 0 Å². The van der Waals surface area contributed by atoms with Gasteiger partial charge in [0.25, 0.3) is 11.1 Å². The van der Waals surface area contributed by atoms with E-state index in [1.807, 2.05) is 24.3 Å². The van der Waals surface area contributed by atoms with Crippen molar-refractivity contribution in [1.29, 1.82) is 0 Å². The largest absolute Gasteiger partial charge is 0.467 e. The van der Waals surface area contributed by atoms with Crippen LogP contribution in [0.25, 0.3) is 27.6 Å². The quantitative estimate of drug-likeness (QED) is 0.462. The molecule has 9 heteroatoms. The number of fused-ring (bicyclic) bond motifs is 1. The Morgan fingerprint density at radius 1 is 1.17 bits per heavy atom. The van der Waals surface area contributed by atoms with Crippen molar-refractivity contribution in [2.24, 2.45) is 0 Å². The third-order valence-corrected chi connectivity index (χ3v) is 6.13. The maximum absolute atomic E-state index is 12.6. The second-order valence-electron chi connectivity index (χ2n) is 6.28. The van der Waals surface area contributed by atoms with Crippen molar-refractivity contribution in [3.63, 3.8) is 0 Å². The Kier molecular flexibility index (Phi) is 4.26. The first-order valence-electron chi connectivity index (χ1n) is 8.61. The Balaban J connectivity index is 1.39. The van der Waals surface area contributed by atoms with Gasteiger partial charge in [0.05, 0.1) is 27.9 Å². The number of amides is 2. The van der Waals surface area contributed by atoms with Gasteiger partial charge in [-0.05, 0) is 54.2 Å². The second-order valence-corrected chi connectivity index (χ2v) is 8.34. The zero-order valence-electron chi connectivity index (χ0n) is 14.8. The van der Waals surface area contributed by atoms with E-state index in [1.165, 1.54) is 17.6 Å². The first-order chi connectivity index (χ1) is 14.1. The van der Waals surface area contributed by atoms with Crippen molar-refractivity contribution >= 4 is 55.7 Å². The average molecular weight is 423 g/mol. The molecule has 0 radical (unpaired) electrons. The summed E-state index contributed by atoms with van der Waals surface area (Å²) in [5.41, 5.74) is 7.42. The zero-order valence-corrected chi connectivity index (χ0v) is 16.5. The van der Waals surface area contributed by atoms with Crippen LogP contribution in [0.1, 0.15) is 11.5 Å². The topological polar surface area (TPSA) is 103 Å². The molecule has 4 heterocycles. The Morgan fingerprint density at radius 2 is 2.07 bits per heavy atom. The Labute approximate surface area is 172 Å². The van der Waals surface area contributed by atoms with E-state index in [0.29, 0.717) is 27.3 Å². The number of aromatic nitrogens is 1. The predicted octanol–water partition coefficient (Wildman–Crippen LogP) is 4.97. The smallest absolute Gasteiger partial charge is 0.293 e. The molecule has 0 bridgehead atoms. The molecule has 29 heavy (non-hydrogen) atoms. The van der Waals surface area contributed by atoms with Crippen LogP contribution in [0, 0.1) is 0 Å². The average Bonchev–Trinajstić information content (AvgIpc) is 3.47. The number of nitrogens with two attached hydrogens (primary N) is 1. The van der Waals surface area contributed by atoms with E-state index >= 15 is 0 Å². The lowest BCUT2D eigenvalue weighted by Crippen LogP contribution is -2.27. The maximum atomic E-state index is 12.6. The van der Waals surface area contributed by atoms with Gasteiger partial charge in [0.15, 0.2) is 5.13 Å². The number of furan rings is 2. The third-order valence-electron chi connectivity index (χ3n) is 4.36. The first-order valence-corrected chi connectivity index (χ1v) is 10.2. The van der Waals surface area contributed by atoms with Gasteiger partial charge in [-0.25, -0.2) is 4.98 Å². The van der Waals surface area contributed by atoms with Gasteiger partial charge >= 0.3 is 0 Å². The van der Waals surface area contributed by atoms with Crippen molar-refractivity contribution in [2.45, 2.75) is 6.54 Å². The number of anilines is 1. The lowest BCUT2D eigenvalue weighted by Gasteiger charge is -2.09. The van der Waals surface area contributed by atoms with Crippen LogP contribution in [-0.4, -0.2) is 21.0 Å². The molecule has 144 valence electrons. The molecule has 1 aliphatic rings. The van der Waals surface area contributed by atoms with Crippen molar-refractivity contribution in [1.82, 2.24) is 9.88 Å². The van der Waals surface area contributed by atoms with Crippen molar-refractivity contribution in [3.05, 3.63) is 65.2 Å². The minimum absolute atomic E-state index is 0.106. The minimum atomic E-state index is -0.367. The molecular weight excluding hydrogens is 410 g/mol. The molecule has 0 aliphatic carbocycles. The molecule has 0 unspecified atom stereocenters. The van der Waals surface area contributed by atoms with Crippen molar-refractivity contribution in [2.75, 3.05) is 5.73 Å². The lowest BCUT2D eigenvalue weighted by molar-refractivity contribution is -0.123. The summed E-state index contributed by atoms with van der Waals surface area (Å²) in [6, 6.07) is 12.8. The maximum Gasteiger partial charge on any atom is 0.293 e. The van der Waals surface area contributed by atoms with Crippen LogP contribution in [-0.2, 0) is 11.3 Å². The fourth-order valence-corrected chi connectivity index (χ4v) is 4.54. The molecule has 1 aliphatic heterocycles. The fourth-order valence-electron chi connectivity index (χ4n) is 3.01. The summed E-state index contributed by atoms with van der Waals surface area (Å²) in [7, 11) is 0. The van der Waals surface area contributed by atoms with Gasteiger partial charge in [0.1, 0.15) is 17.3 Å². The van der Waals surface area contributed by atoms with Gasteiger partial charge in [-0.3, -0.25) is 14.5 Å². The number of nitrogens with zero attached hydrogens (tertiary/aromatic N) is 2. The molecule has 2 N–H and O–H groups in total. The van der Waals surface area contributed by atoms with E-state index in [0.717, 1.165) is 32.4 Å². The lowest BCUT2D eigenvalue weighted by atomic mass is 10.1. The Hall–Kier alpha value is -3.30. The highest BCUT2D eigenvalue weighted by atomic mass is 32.2. The highest BCUT2D eigenvalue weighted by Gasteiger charge is 2.35. The summed E-state index contributed by atoms with van der Waals surface area (Å²) < 4.78 is 12.1. The molecular formula is C20H13N3O4S2. The van der Waals surface area contributed by atoms with Crippen LogP contribution in [0.2, 0.25) is 0 Å². The summed E-state index contributed by atoms with van der Waals surface area (Å²) in [4.78, 5) is 30.5. The molecule has 7 nitrogen and oxygen atoms in total. The zero-order chi connectivity index (χ0) is 20.0. The van der Waals surface area contributed by atoms with Crippen LogP contribution in [0.5, 0.6) is 0 Å². The van der Waals surface area contributed by atoms with Crippen molar-refractivity contribution < 1.29 is 18.4 Å². The summed E-state index contributed by atoms with van der Waals surface area (Å²) in [6.45, 7) is 0.106. The standard InChI is InChI=1S/C20H13N3O4S2/c21-19-22-14-8-11(3-6-16(14)28-19)15-5-4-12(27-15)9-17-18(24)23(20(25)29-17)10-13-2-1-7-26-13/h1-9H,10H2,(H2,21,22). The molecule has 1 aromatic carbocycles. The van der Waals surface area contributed by atoms with E-state index < -0.39 is 0 Å². The number of nitrogen functional groups attached to an aromatic ring is 1. The molecule has 0 atom stereocenters. The SMILES string of the molecule is Nc1nc2cc(-c3ccc(C=C4SC(=O)N(Cc5ccco5)C4=O)o3)ccc2s1. The number of hydrogen-bond donors (Lipinski definition) is 1.